The molecule has 2 rings (SSSR count). The summed E-state index contributed by atoms with van der Waals surface area (Å²) in [7, 11) is 4.55. The van der Waals surface area contributed by atoms with Crippen molar-refractivity contribution in [1.29, 1.82) is 0 Å². The first-order valence-electron chi connectivity index (χ1n) is 9.02. The zero-order valence-electron chi connectivity index (χ0n) is 17.2. The van der Waals surface area contributed by atoms with Crippen molar-refractivity contribution in [3.63, 3.8) is 0 Å². The summed E-state index contributed by atoms with van der Waals surface area (Å²) in [5.41, 5.74) is 5.83. The number of hydrazine groups is 1. The van der Waals surface area contributed by atoms with Gasteiger partial charge < -0.3 is 18.9 Å². The van der Waals surface area contributed by atoms with E-state index in [9.17, 15) is 9.59 Å². The first kappa shape index (κ1) is 21.9. The number of carbonyl (C=O) groups excluding carboxylic acids is 2. The molecule has 0 radical (unpaired) electrons. The molecule has 0 saturated heterocycles. The van der Waals surface area contributed by atoms with Crippen LogP contribution in [-0.2, 0) is 11.2 Å². The molecule has 8 nitrogen and oxygen atoms in total. The third-order valence-electron chi connectivity index (χ3n) is 3.92. The summed E-state index contributed by atoms with van der Waals surface area (Å²) in [6.45, 7) is 3.79. The summed E-state index contributed by atoms with van der Waals surface area (Å²) >= 11 is 0. The second-order valence-corrected chi connectivity index (χ2v) is 6.40. The van der Waals surface area contributed by atoms with Gasteiger partial charge in [0.05, 0.1) is 33.9 Å². The summed E-state index contributed by atoms with van der Waals surface area (Å²) < 4.78 is 21.3. The van der Waals surface area contributed by atoms with Crippen molar-refractivity contribution >= 4 is 11.8 Å². The summed E-state index contributed by atoms with van der Waals surface area (Å²) in [6, 6.07) is 9.97. The van der Waals surface area contributed by atoms with Crippen molar-refractivity contribution in [2.45, 2.75) is 26.4 Å². The van der Waals surface area contributed by atoms with Gasteiger partial charge in [0.15, 0.2) is 23.0 Å². The Morgan fingerprint density at radius 2 is 1.45 bits per heavy atom. The fourth-order valence-electron chi connectivity index (χ4n) is 2.58. The summed E-state index contributed by atoms with van der Waals surface area (Å²) in [4.78, 5) is 24.5. The number of ether oxygens (including phenoxy) is 4. The van der Waals surface area contributed by atoms with Crippen molar-refractivity contribution in [3.8, 4) is 23.0 Å². The highest BCUT2D eigenvalue weighted by molar-refractivity contribution is 5.96. The maximum Gasteiger partial charge on any atom is 0.269 e. The number of hydrogen-bond donors (Lipinski definition) is 2. The lowest BCUT2D eigenvalue weighted by molar-refractivity contribution is -0.121. The van der Waals surface area contributed by atoms with Gasteiger partial charge in [-0.2, -0.15) is 0 Å². The molecule has 29 heavy (non-hydrogen) atoms. The Balaban J connectivity index is 1.97. The van der Waals surface area contributed by atoms with Crippen molar-refractivity contribution in [1.82, 2.24) is 10.9 Å². The van der Waals surface area contributed by atoms with Crippen LogP contribution in [-0.4, -0.2) is 39.2 Å². The number of amides is 2. The molecule has 0 aliphatic rings. The van der Waals surface area contributed by atoms with Gasteiger partial charge in [0.2, 0.25) is 5.91 Å². The van der Waals surface area contributed by atoms with Crippen LogP contribution in [0.3, 0.4) is 0 Å². The van der Waals surface area contributed by atoms with E-state index in [4.69, 9.17) is 18.9 Å². The molecule has 0 atom stereocenters. The minimum atomic E-state index is -0.472. The van der Waals surface area contributed by atoms with Crippen molar-refractivity contribution in [2.24, 2.45) is 0 Å². The number of benzene rings is 2. The average molecular weight is 402 g/mol. The van der Waals surface area contributed by atoms with E-state index in [1.165, 1.54) is 21.3 Å². The average Bonchev–Trinajstić information content (AvgIpc) is 2.71. The molecule has 2 N–H and O–H groups in total. The predicted molar refractivity (Wildman–Crippen MR) is 108 cm³/mol. The van der Waals surface area contributed by atoms with Gasteiger partial charge in [0, 0.05) is 5.56 Å². The van der Waals surface area contributed by atoms with Gasteiger partial charge in [-0.25, -0.2) is 0 Å². The number of methoxy groups -OCH3 is 3. The van der Waals surface area contributed by atoms with Gasteiger partial charge in [0.1, 0.15) is 0 Å². The van der Waals surface area contributed by atoms with E-state index in [-0.39, 0.29) is 18.4 Å². The second-order valence-electron chi connectivity index (χ2n) is 6.40. The lowest BCUT2D eigenvalue weighted by atomic mass is 10.1. The maximum atomic E-state index is 12.3. The van der Waals surface area contributed by atoms with Gasteiger partial charge in [0.25, 0.3) is 5.91 Å². The lowest BCUT2D eigenvalue weighted by Gasteiger charge is -2.14. The van der Waals surface area contributed by atoms with Crippen LogP contribution in [0.2, 0.25) is 0 Å². The summed E-state index contributed by atoms with van der Waals surface area (Å²) in [5, 5.41) is 0. The molecule has 0 aliphatic carbocycles. The lowest BCUT2D eigenvalue weighted by Crippen LogP contribution is -2.42. The van der Waals surface area contributed by atoms with Gasteiger partial charge in [-0.3, -0.25) is 20.4 Å². The van der Waals surface area contributed by atoms with Gasteiger partial charge in [-0.15, -0.1) is 0 Å². The fraction of sp³-hybridized carbons (Fsp3) is 0.333. The first-order chi connectivity index (χ1) is 13.9. The third-order valence-corrected chi connectivity index (χ3v) is 3.92. The summed E-state index contributed by atoms with van der Waals surface area (Å²) in [6.07, 6.45) is 0.0323. The topological polar surface area (TPSA) is 95.1 Å². The molecule has 0 heterocycles. The van der Waals surface area contributed by atoms with Crippen LogP contribution in [0.25, 0.3) is 0 Å². The van der Waals surface area contributed by atoms with Crippen molar-refractivity contribution in [2.75, 3.05) is 21.3 Å². The molecule has 0 fully saturated rings. The van der Waals surface area contributed by atoms with Crippen LogP contribution < -0.4 is 29.8 Å². The molecule has 2 aromatic rings. The standard InChI is InChI=1S/C21H26N2O6/c1-13(2)29-17-9-7-15(12-19(17)28-5)21(25)23-22-20(24)11-14-6-8-16(26-3)18(10-14)27-4/h6-10,12-13H,11H2,1-5H3,(H,22,24)(H,23,25). The molecular weight excluding hydrogens is 376 g/mol. The number of hydrogen-bond acceptors (Lipinski definition) is 6. The fourth-order valence-corrected chi connectivity index (χ4v) is 2.58. The highest BCUT2D eigenvalue weighted by Gasteiger charge is 2.14. The molecule has 156 valence electrons. The Morgan fingerprint density at radius 1 is 0.828 bits per heavy atom. The van der Waals surface area contributed by atoms with E-state index >= 15 is 0 Å². The van der Waals surface area contributed by atoms with Crippen molar-refractivity contribution < 1.29 is 28.5 Å². The molecule has 2 amide bonds. The normalized spacial score (nSPS) is 10.3. The molecule has 2 aromatic carbocycles. The Kier molecular flexibility index (Phi) is 7.70. The van der Waals surface area contributed by atoms with E-state index in [0.29, 0.717) is 34.1 Å². The van der Waals surface area contributed by atoms with E-state index < -0.39 is 5.91 Å². The van der Waals surface area contributed by atoms with Crippen LogP contribution in [0.4, 0.5) is 0 Å². The number of nitrogens with one attached hydrogen (secondary N) is 2. The third kappa shape index (κ3) is 6.03. The highest BCUT2D eigenvalue weighted by Crippen LogP contribution is 2.29. The molecule has 0 unspecified atom stereocenters. The number of rotatable bonds is 8. The highest BCUT2D eigenvalue weighted by atomic mass is 16.5. The van der Waals surface area contributed by atoms with Crippen LogP contribution in [0.15, 0.2) is 36.4 Å². The van der Waals surface area contributed by atoms with Crippen LogP contribution in [0.1, 0.15) is 29.8 Å². The molecular formula is C21H26N2O6. The van der Waals surface area contributed by atoms with E-state index in [1.54, 1.807) is 36.4 Å². The minimum Gasteiger partial charge on any atom is -0.493 e. The molecule has 0 bridgehead atoms. The number of carbonyl (C=O) groups is 2. The first-order valence-corrected chi connectivity index (χ1v) is 9.02. The van der Waals surface area contributed by atoms with Gasteiger partial charge >= 0.3 is 0 Å². The molecule has 8 heteroatoms. The maximum absolute atomic E-state index is 12.3. The van der Waals surface area contributed by atoms with Gasteiger partial charge in [-0.05, 0) is 49.7 Å². The van der Waals surface area contributed by atoms with Crippen LogP contribution >= 0.6 is 0 Å². The molecule has 0 aliphatic heterocycles. The van der Waals surface area contributed by atoms with E-state index in [2.05, 4.69) is 10.9 Å². The zero-order chi connectivity index (χ0) is 21.4. The quantitative estimate of drug-likeness (QED) is 0.659. The smallest absolute Gasteiger partial charge is 0.269 e. The predicted octanol–water partition coefficient (Wildman–Crippen LogP) is 2.50. The molecule has 0 saturated carbocycles. The second kappa shape index (κ2) is 10.2. The Morgan fingerprint density at radius 3 is 2.07 bits per heavy atom. The Hall–Kier alpha value is -3.42. The molecule has 0 spiro atoms. The largest absolute Gasteiger partial charge is 0.493 e. The minimum absolute atomic E-state index is 0.0283. The van der Waals surface area contributed by atoms with Crippen molar-refractivity contribution in [3.05, 3.63) is 47.5 Å². The molecule has 0 aromatic heterocycles. The van der Waals surface area contributed by atoms with Gasteiger partial charge in [-0.1, -0.05) is 6.07 Å². The van der Waals surface area contributed by atoms with E-state index in [0.717, 1.165) is 0 Å². The summed E-state index contributed by atoms with van der Waals surface area (Å²) in [5.74, 6) is 1.22. The Bertz CT molecular complexity index is 866. The monoisotopic (exact) mass is 402 g/mol. The van der Waals surface area contributed by atoms with E-state index in [1.807, 2.05) is 13.8 Å². The zero-order valence-corrected chi connectivity index (χ0v) is 17.2. The Labute approximate surface area is 170 Å². The SMILES string of the molecule is COc1ccc(CC(=O)NNC(=O)c2ccc(OC(C)C)c(OC)c2)cc1OC. The van der Waals surface area contributed by atoms with Crippen LogP contribution in [0.5, 0.6) is 23.0 Å². The van der Waals surface area contributed by atoms with Crippen LogP contribution in [0, 0.1) is 0 Å².